The molecule has 0 spiro atoms. The first-order chi connectivity index (χ1) is 14.5. The van der Waals surface area contributed by atoms with Crippen LogP contribution < -0.4 is 0 Å². The molecule has 1 amide bonds. The third-order valence-electron chi connectivity index (χ3n) is 4.84. The summed E-state index contributed by atoms with van der Waals surface area (Å²) < 4.78 is 10.7. The Morgan fingerprint density at radius 2 is 1.90 bits per heavy atom. The summed E-state index contributed by atoms with van der Waals surface area (Å²) in [6.45, 7) is 1.56. The predicted octanol–water partition coefficient (Wildman–Crippen LogP) is 4.78. The number of amides is 1. The molecule has 1 aliphatic heterocycles. The summed E-state index contributed by atoms with van der Waals surface area (Å²) in [5.74, 6) is -0.490. The van der Waals surface area contributed by atoms with Gasteiger partial charge in [-0.2, -0.15) is 5.10 Å². The highest BCUT2D eigenvalue weighted by Gasteiger charge is 2.35. The lowest BCUT2D eigenvalue weighted by Crippen LogP contribution is -2.31. The van der Waals surface area contributed by atoms with Gasteiger partial charge in [0, 0.05) is 6.42 Å². The molecule has 2 heterocycles. The Labute approximate surface area is 178 Å². The number of halogens is 1. The fraction of sp³-hybridized carbons (Fsp3) is 0.174. The van der Waals surface area contributed by atoms with Crippen molar-refractivity contribution >= 4 is 29.2 Å². The van der Waals surface area contributed by atoms with Crippen LogP contribution in [-0.4, -0.2) is 29.2 Å². The molecule has 0 bridgehead atoms. The van der Waals surface area contributed by atoms with E-state index in [1.54, 1.807) is 42.7 Å². The maximum atomic E-state index is 12.9. The van der Waals surface area contributed by atoms with Crippen molar-refractivity contribution in [2.45, 2.75) is 19.4 Å². The zero-order valence-corrected chi connectivity index (χ0v) is 17.0. The monoisotopic (exact) mass is 422 g/mol. The fourth-order valence-corrected chi connectivity index (χ4v) is 3.47. The van der Waals surface area contributed by atoms with Gasteiger partial charge in [0.25, 0.3) is 5.91 Å². The number of benzene rings is 2. The molecule has 30 heavy (non-hydrogen) atoms. The van der Waals surface area contributed by atoms with Crippen LogP contribution >= 0.6 is 11.6 Å². The summed E-state index contributed by atoms with van der Waals surface area (Å²) in [6.07, 6.45) is 2.06. The van der Waals surface area contributed by atoms with Gasteiger partial charge in [-0.15, -0.1) is 0 Å². The van der Waals surface area contributed by atoms with Crippen molar-refractivity contribution in [1.82, 2.24) is 5.01 Å². The first-order valence-electron chi connectivity index (χ1n) is 9.44. The molecule has 0 saturated heterocycles. The second kappa shape index (κ2) is 8.55. The molecular weight excluding hydrogens is 404 g/mol. The molecule has 0 saturated carbocycles. The number of rotatable bonds is 5. The molecule has 0 aliphatic carbocycles. The lowest BCUT2D eigenvalue weighted by molar-refractivity contribution is -0.136. The molecule has 1 atom stereocenters. The zero-order chi connectivity index (χ0) is 21.1. The van der Waals surface area contributed by atoms with Crippen LogP contribution in [-0.2, 0) is 9.53 Å². The molecule has 152 valence electrons. The van der Waals surface area contributed by atoms with Gasteiger partial charge in [-0.1, -0.05) is 53.6 Å². The third-order valence-corrected chi connectivity index (χ3v) is 5.17. The molecule has 0 radical (unpaired) electrons. The van der Waals surface area contributed by atoms with E-state index in [2.05, 4.69) is 5.10 Å². The van der Waals surface area contributed by atoms with Crippen LogP contribution in [0.3, 0.4) is 0 Å². The van der Waals surface area contributed by atoms with Gasteiger partial charge in [0.1, 0.15) is 11.8 Å². The van der Waals surface area contributed by atoms with Gasteiger partial charge in [-0.05, 0) is 36.8 Å². The number of hydrogen-bond acceptors (Lipinski definition) is 5. The van der Waals surface area contributed by atoms with E-state index >= 15 is 0 Å². The van der Waals surface area contributed by atoms with Crippen LogP contribution in [0, 0.1) is 6.92 Å². The Balaban J connectivity index is 1.52. The van der Waals surface area contributed by atoms with E-state index in [0.717, 1.165) is 16.8 Å². The number of hydrazone groups is 1. The van der Waals surface area contributed by atoms with Crippen molar-refractivity contribution in [1.29, 1.82) is 0 Å². The van der Waals surface area contributed by atoms with Crippen LogP contribution in [0.1, 0.15) is 39.7 Å². The van der Waals surface area contributed by atoms with Gasteiger partial charge in [0.2, 0.25) is 0 Å². The van der Waals surface area contributed by atoms with E-state index in [0.29, 0.717) is 12.2 Å². The predicted molar refractivity (Wildman–Crippen MR) is 112 cm³/mol. The summed E-state index contributed by atoms with van der Waals surface area (Å²) in [5.41, 5.74) is 3.04. The van der Waals surface area contributed by atoms with Crippen LogP contribution in [0.25, 0.3) is 0 Å². The SMILES string of the molecule is Cc1ccc(C2=NN(C(=O)COC(=O)c3ccccc3Cl)C(c3ccco3)C2)cc1. The minimum absolute atomic E-state index is 0.208. The Morgan fingerprint density at radius 3 is 2.60 bits per heavy atom. The highest BCUT2D eigenvalue weighted by molar-refractivity contribution is 6.33. The van der Waals surface area contributed by atoms with Crippen LogP contribution in [0.5, 0.6) is 0 Å². The number of carbonyl (C=O) groups excluding carboxylic acids is 2. The molecular formula is C23H19ClN2O4. The van der Waals surface area contributed by atoms with E-state index in [1.807, 2.05) is 31.2 Å². The topological polar surface area (TPSA) is 72.1 Å². The maximum absolute atomic E-state index is 12.9. The second-order valence-corrected chi connectivity index (χ2v) is 7.35. The Bertz CT molecular complexity index is 1090. The molecule has 0 N–H and O–H groups in total. The largest absolute Gasteiger partial charge is 0.467 e. The number of furan rings is 1. The molecule has 2 aromatic carbocycles. The summed E-state index contributed by atoms with van der Waals surface area (Å²) in [4.78, 5) is 25.2. The normalized spacial score (nSPS) is 15.7. The number of hydrogen-bond donors (Lipinski definition) is 0. The molecule has 4 rings (SSSR count). The molecule has 6 nitrogen and oxygen atoms in total. The Kier molecular flexibility index (Phi) is 5.68. The van der Waals surface area contributed by atoms with Crippen molar-refractivity contribution in [2.24, 2.45) is 5.10 Å². The number of nitrogens with zero attached hydrogens (tertiary/aromatic N) is 2. The van der Waals surface area contributed by atoms with Crippen LogP contribution in [0.4, 0.5) is 0 Å². The molecule has 1 unspecified atom stereocenters. The van der Waals surface area contributed by atoms with Crippen LogP contribution in [0.2, 0.25) is 5.02 Å². The first-order valence-corrected chi connectivity index (χ1v) is 9.82. The Hall–Kier alpha value is -3.38. The van der Waals surface area contributed by atoms with Gasteiger partial charge < -0.3 is 9.15 Å². The maximum Gasteiger partial charge on any atom is 0.340 e. The Morgan fingerprint density at radius 1 is 1.13 bits per heavy atom. The first kappa shape index (κ1) is 19.9. The lowest BCUT2D eigenvalue weighted by atomic mass is 10.0. The van der Waals surface area contributed by atoms with Gasteiger partial charge >= 0.3 is 5.97 Å². The minimum Gasteiger partial charge on any atom is -0.467 e. The summed E-state index contributed by atoms with van der Waals surface area (Å²) in [7, 11) is 0. The zero-order valence-electron chi connectivity index (χ0n) is 16.2. The van der Waals surface area contributed by atoms with E-state index in [-0.39, 0.29) is 10.6 Å². The van der Waals surface area contributed by atoms with Gasteiger partial charge in [0.15, 0.2) is 6.61 Å². The van der Waals surface area contributed by atoms with Crippen molar-refractivity contribution in [3.63, 3.8) is 0 Å². The number of esters is 1. The van der Waals surface area contributed by atoms with Crippen molar-refractivity contribution < 1.29 is 18.7 Å². The third kappa shape index (κ3) is 4.14. The summed E-state index contributed by atoms with van der Waals surface area (Å²) in [5, 5.41) is 6.11. The van der Waals surface area contributed by atoms with Crippen molar-refractivity contribution in [3.8, 4) is 0 Å². The quantitative estimate of drug-likeness (QED) is 0.555. The van der Waals surface area contributed by atoms with E-state index in [1.165, 1.54) is 5.01 Å². The van der Waals surface area contributed by atoms with Gasteiger partial charge in [-0.3, -0.25) is 4.79 Å². The van der Waals surface area contributed by atoms with Crippen molar-refractivity contribution in [3.05, 3.63) is 94.4 Å². The standard InChI is InChI=1S/C23H19ClN2O4/c1-15-8-10-16(11-9-15)19-13-20(21-7-4-12-29-21)26(25-19)22(27)14-30-23(28)17-5-2-3-6-18(17)24/h2-12,20H,13-14H2,1H3. The van der Waals surface area contributed by atoms with E-state index in [4.69, 9.17) is 20.8 Å². The molecule has 1 aliphatic rings. The van der Waals surface area contributed by atoms with Crippen LogP contribution in [0.15, 0.2) is 76.4 Å². The molecule has 7 heteroatoms. The van der Waals surface area contributed by atoms with Gasteiger partial charge in [0.05, 0.1) is 22.6 Å². The fourth-order valence-electron chi connectivity index (χ4n) is 3.26. The van der Waals surface area contributed by atoms with Gasteiger partial charge in [-0.25, -0.2) is 9.80 Å². The molecule has 3 aromatic rings. The minimum atomic E-state index is -0.662. The number of carbonyl (C=O) groups is 2. The number of ether oxygens (including phenoxy) is 1. The smallest absolute Gasteiger partial charge is 0.340 e. The van der Waals surface area contributed by atoms with E-state index in [9.17, 15) is 9.59 Å². The highest BCUT2D eigenvalue weighted by atomic mass is 35.5. The molecule has 0 fully saturated rings. The van der Waals surface area contributed by atoms with E-state index < -0.39 is 24.5 Å². The molecule has 1 aromatic heterocycles. The number of aryl methyl sites for hydroxylation is 1. The highest BCUT2D eigenvalue weighted by Crippen LogP contribution is 2.33. The summed E-state index contributed by atoms with van der Waals surface area (Å²) >= 11 is 6.02. The lowest BCUT2D eigenvalue weighted by Gasteiger charge is -2.19. The van der Waals surface area contributed by atoms with Crippen molar-refractivity contribution in [2.75, 3.05) is 6.61 Å². The second-order valence-electron chi connectivity index (χ2n) is 6.94. The average molecular weight is 423 g/mol. The average Bonchev–Trinajstić information content (AvgIpc) is 3.42. The summed E-state index contributed by atoms with van der Waals surface area (Å²) in [6, 6.07) is 17.6.